The summed E-state index contributed by atoms with van der Waals surface area (Å²) in [5.74, 6) is 0.538. The van der Waals surface area contributed by atoms with E-state index in [1.807, 2.05) is 0 Å². The fraction of sp³-hybridized carbons (Fsp3) is 0.533. The van der Waals surface area contributed by atoms with Crippen molar-refractivity contribution in [2.45, 2.75) is 44.6 Å². The van der Waals surface area contributed by atoms with Crippen LogP contribution in [0, 0.1) is 0 Å². The SMILES string of the molecule is CC[C@@H]1OCC[C@H]1NCc1nnnn1-c1ccc(C(F)(F)F)cc1. The van der Waals surface area contributed by atoms with Gasteiger partial charge in [-0.05, 0) is 47.5 Å². The number of tetrazole rings is 1. The lowest BCUT2D eigenvalue weighted by Gasteiger charge is -2.18. The van der Waals surface area contributed by atoms with Crippen LogP contribution in [-0.4, -0.2) is 39.0 Å². The number of hydrogen-bond acceptors (Lipinski definition) is 5. The van der Waals surface area contributed by atoms with E-state index in [2.05, 4.69) is 27.8 Å². The molecule has 6 nitrogen and oxygen atoms in total. The molecule has 1 aromatic heterocycles. The van der Waals surface area contributed by atoms with Crippen molar-refractivity contribution in [2.75, 3.05) is 6.61 Å². The quantitative estimate of drug-likeness (QED) is 0.904. The summed E-state index contributed by atoms with van der Waals surface area (Å²) in [5.41, 5.74) is -0.215. The summed E-state index contributed by atoms with van der Waals surface area (Å²) >= 11 is 0. The Kier molecular flexibility index (Phi) is 4.81. The highest BCUT2D eigenvalue weighted by molar-refractivity contribution is 5.35. The van der Waals surface area contributed by atoms with Gasteiger partial charge in [-0.1, -0.05) is 6.92 Å². The molecular formula is C15H18F3N5O. The van der Waals surface area contributed by atoms with E-state index in [-0.39, 0.29) is 12.1 Å². The number of nitrogens with zero attached hydrogens (tertiary/aromatic N) is 4. The van der Waals surface area contributed by atoms with Crippen molar-refractivity contribution in [3.63, 3.8) is 0 Å². The molecule has 24 heavy (non-hydrogen) atoms. The topological polar surface area (TPSA) is 64.9 Å². The van der Waals surface area contributed by atoms with Gasteiger partial charge in [-0.2, -0.15) is 17.9 Å². The van der Waals surface area contributed by atoms with Gasteiger partial charge in [0.15, 0.2) is 5.82 Å². The highest BCUT2D eigenvalue weighted by atomic mass is 19.4. The molecule has 130 valence electrons. The van der Waals surface area contributed by atoms with Gasteiger partial charge in [-0.3, -0.25) is 0 Å². The third kappa shape index (κ3) is 3.57. The Labute approximate surface area is 137 Å². The van der Waals surface area contributed by atoms with E-state index in [9.17, 15) is 13.2 Å². The van der Waals surface area contributed by atoms with E-state index in [4.69, 9.17) is 4.74 Å². The van der Waals surface area contributed by atoms with E-state index in [1.54, 1.807) is 0 Å². The van der Waals surface area contributed by atoms with Crippen LogP contribution in [0.1, 0.15) is 31.2 Å². The molecule has 2 aromatic rings. The lowest BCUT2D eigenvalue weighted by atomic mass is 10.1. The summed E-state index contributed by atoms with van der Waals surface area (Å²) < 4.78 is 45.0. The zero-order valence-corrected chi connectivity index (χ0v) is 13.1. The van der Waals surface area contributed by atoms with Crippen molar-refractivity contribution in [3.8, 4) is 5.69 Å². The van der Waals surface area contributed by atoms with E-state index in [0.29, 0.717) is 18.1 Å². The number of hydrogen-bond donors (Lipinski definition) is 1. The van der Waals surface area contributed by atoms with Crippen LogP contribution in [0.2, 0.25) is 0 Å². The van der Waals surface area contributed by atoms with Crippen molar-refractivity contribution < 1.29 is 17.9 Å². The molecule has 1 aliphatic rings. The maximum atomic E-state index is 12.6. The van der Waals surface area contributed by atoms with Crippen LogP contribution in [-0.2, 0) is 17.5 Å². The molecule has 1 saturated heterocycles. The molecule has 0 spiro atoms. The van der Waals surface area contributed by atoms with Crippen LogP contribution < -0.4 is 5.32 Å². The van der Waals surface area contributed by atoms with E-state index in [0.717, 1.165) is 31.6 Å². The first kappa shape index (κ1) is 16.8. The molecule has 0 radical (unpaired) electrons. The molecule has 1 aromatic carbocycles. The Hall–Kier alpha value is -2.00. The Morgan fingerprint density at radius 2 is 2.04 bits per heavy atom. The number of halogens is 3. The Morgan fingerprint density at radius 3 is 2.71 bits per heavy atom. The average Bonchev–Trinajstić information content (AvgIpc) is 3.20. The molecule has 1 aliphatic heterocycles. The maximum absolute atomic E-state index is 12.6. The van der Waals surface area contributed by atoms with E-state index in [1.165, 1.54) is 16.8 Å². The predicted octanol–water partition coefficient (Wildman–Crippen LogP) is 2.34. The number of rotatable bonds is 5. The van der Waals surface area contributed by atoms with Gasteiger partial charge in [0, 0.05) is 12.6 Å². The standard InChI is InChI=1S/C15H18F3N5O/c1-2-13-12(7-8-24-13)19-9-14-20-21-22-23(14)11-5-3-10(4-6-11)15(16,17)18/h3-6,12-13,19H,2,7-9H2,1H3/t12-,13+/m1/s1. The number of alkyl halides is 3. The summed E-state index contributed by atoms with van der Waals surface area (Å²) in [6, 6.07) is 4.98. The molecule has 0 saturated carbocycles. The normalized spacial score (nSPS) is 21.3. The highest BCUT2D eigenvalue weighted by Gasteiger charge is 2.30. The molecule has 1 fully saturated rings. The van der Waals surface area contributed by atoms with Gasteiger partial charge < -0.3 is 10.1 Å². The first-order valence-corrected chi connectivity index (χ1v) is 7.79. The van der Waals surface area contributed by atoms with Gasteiger partial charge in [-0.15, -0.1) is 5.10 Å². The first-order chi connectivity index (χ1) is 11.5. The number of aromatic nitrogens is 4. The molecule has 2 atom stereocenters. The van der Waals surface area contributed by atoms with Crippen molar-refractivity contribution in [2.24, 2.45) is 0 Å². The molecule has 9 heteroatoms. The highest BCUT2D eigenvalue weighted by Crippen LogP contribution is 2.29. The van der Waals surface area contributed by atoms with Crippen LogP contribution in [0.15, 0.2) is 24.3 Å². The molecule has 1 N–H and O–H groups in total. The minimum absolute atomic E-state index is 0.167. The minimum atomic E-state index is -4.36. The Bertz CT molecular complexity index is 670. The number of nitrogens with one attached hydrogen (secondary N) is 1. The van der Waals surface area contributed by atoms with E-state index >= 15 is 0 Å². The summed E-state index contributed by atoms with van der Waals surface area (Å²) in [6.45, 7) is 3.20. The summed E-state index contributed by atoms with van der Waals surface area (Å²) in [6.07, 6.45) is -2.36. The molecule has 0 unspecified atom stereocenters. The molecule has 0 amide bonds. The minimum Gasteiger partial charge on any atom is -0.377 e. The van der Waals surface area contributed by atoms with Gasteiger partial charge in [0.25, 0.3) is 0 Å². The number of ether oxygens (including phenoxy) is 1. The lowest BCUT2D eigenvalue weighted by Crippen LogP contribution is -2.36. The second-order valence-corrected chi connectivity index (χ2v) is 5.65. The summed E-state index contributed by atoms with van der Waals surface area (Å²) in [7, 11) is 0. The molecule has 0 aliphatic carbocycles. The van der Waals surface area contributed by atoms with E-state index < -0.39 is 11.7 Å². The van der Waals surface area contributed by atoms with Crippen LogP contribution in [0.3, 0.4) is 0 Å². The smallest absolute Gasteiger partial charge is 0.377 e. The van der Waals surface area contributed by atoms with Crippen molar-refractivity contribution in [1.82, 2.24) is 25.5 Å². The second kappa shape index (κ2) is 6.86. The third-order valence-corrected chi connectivity index (χ3v) is 4.11. The van der Waals surface area contributed by atoms with Crippen LogP contribution in [0.25, 0.3) is 5.69 Å². The molecule has 2 heterocycles. The van der Waals surface area contributed by atoms with Crippen LogP contribution in [0.4, 0.5) is 13.2 Å². The fourth-order valence-electron chi connectivity index (χ4n) is 2.81. The average molecular weight is 341 g/mol. The first-order valence-electron chi connectivity index (χ1n) is 7.79. The second-order valence-electron chi connectivity index (χ2n) is 5.65. The predicted molar refractivity (Wildman–Crippen MR) is 79.4 cm³/mol. The van der Waals surface area contributed by atoms with Gasteiger partial charge in [0.2, 0.25) is 0 Å². The Morgan fingerprint density at radius 1 is 1.29 bits per heavy atom. The van der Waals surface area contributed by atoms with Crippen molar-refractivity contribution >= 4 is 0 Å². The van der Waals surface area contributed by atoms with Crippen molar-refractivity contribution in [1.29, 1.82) is 0 Å². The monoisotopic (exact) mass is 341 g/mol. The van der Waals surface area contributed by atoms with Gasteiger partial charge in [0.05, 0.1) is 23.9 Å². The number of benzene rings is 1. The molecule has 0 bridgehead atoms. The van der Waals surface area contributed by atoms with Gasteiger partial charge in [-0.25, -0.2) is 0 Å². The summed E-state index contributed by atoms with van der Waals surface area (Å²) in [5, 5.41) is 14.8. The van der Waals surface area contributed by atoms with Crippen LogP contribution >= 0.6 is 0 Å². The van der Waals surface area contributed by atoms with Gasteiger partial charge >= 0.3 is 6.18 Å². The zero-order valence-electron chi connectivity index (χ0n) is 13.1. The maximum Gasteiger partial charge on any atom is 0.416 e. The lowest BCUT2D eigenvalue weighted by molar-refractivity contribution is -0.137. The zero-order chi connectivity index (χ0) is 17.2. The van der Waals surface area contributed by atoms with Crippen LogP contribution in [0.5, 0.6) is 0 Å². The van der Waals surface area contributed by atoms with Gasteiger partial charge in [0.1, 0.15) is 0 Å². The Balaban J connectivity index is 1.71. The fourth-order valence-corrected chi connectivity index (χ4v) is 2.81. The van der Waals surface area contributed by atoms with Crippen molar-refractivity contribution in [3.05, 3.63) is 35.7 Å². The molecule has 3 rings (SSSR count). The third-order valence-electron chi connectivity index (χ3n) is 4.11. The molecular weight excluding hydrogens is 323 g/mol. The summed E-state index contributed by atoms with van der Waals surface area (Å²) in [4.78, 5) is 0. The largest absolute Gasteiger partial charge is 0.416 e.